The molecule has 2 aliphatic heterocycles. The summed E-state index contributed by atoms with van der Waals surface area (Å²) in [5.74, 6) is 0.366. The highest BCUT2D eigenvalue weighted by atomic mass is 35.5. The van der Waals surface area contributed by atoms with E-state index in [0.29, 0.717) is 6.04 Å². The average molecular weight is 278 g/mol. The highest BCUT2D eigenvalue weighted by molar-refractivity contribution is 5.85. The molecule has 2 heterocycles. The van der Waals surface area contributed by atoms with Crippen LogP contribution in [0.3, 0.4) is 0 Å². The number of halogens is 1. The molecule has 2 aliphatic rings. The van der Waals surface area contributed by atoms with Crippen LogP contribution in [0.2, 0.25) is 0 Å². The quantitative estimate of drug-likeness (QED) is 0.751. The normalized spacial score (nSPS) is 24.6. The molecule has 2 atom stereocenters. The Bertz CT molecular complexity index is 268. The van der Waals surface area contributed by atoms with Crippen LogP contribution in [0.4, 0.5) is 0 Å². The van der Waals surface area contributed by atoms with E-state index in [1.807, 2.05) is 0 Å². The van der Waals surface area contributed by atoms with Crippen molar-refractivity contribution < 1.29 is 9.53 Å². The number of carbonyl (C=O) groups is 1. The van der Waals surface area contributed by atoms with Gasteiger partial charge in [0.1, 0.15) is 0 Å². The summed E-state index contributed by atoms with van der Waals surface area (Å²) in [6.07, 6.45) is 0. The monoisotopic (exact) mass is 277 g/mol. The molecule has 0 aromatic heterocycles. The Kier molecular flexibility index (Phi) is 6.35. The standard InChI is InChI=1S/C12H23N3O2.ClH/c1-9(14-12(16)11-7-13-8-11)10(2)15-3-5-17-6-4-15;/h9-11,13H,3-8H2,1-2H3,(H,14,16);1H. The van der Waals surface area contributed by atoms with Crippen LogP contribution in [-0.4, -0.2) is 62.3 Å². The van der Waals surface area contributed by atoms with E-state index >= 15 is 0 Å². The number of nitrogens with one attached hydrogen (secondary N) is 2. The zero-order valence-electron chi connectivity index (χ0n) is 11.1. The van der Waals surface area contributed by atoms with Crippen LogP contribution >= 0.6 is 12.4 Å². The molecule has 0 aromatic rings. The molecule has 0 saturated carbocycles. The zero-order valence-corrected chi connectivity index (χ0v) is 12.0. The van der Waals surface area contributed by atoms with Crippen molar-refractivity contribution in [3.63, 3.8) is 0 Å². The van der Waals surface area contributed by atoms with Crippen LogP contribution in [-0.2, 0) is 9.53 Å². The molecular weight excluding hydrogens is 254 g/mol. The van der Waals surface area contributed by atoms with Crippen LogP contribution in [0.15, 0.2) is 0 Å². The second-order valence-electron chi connectivity index (χ2n) is 5.04. The number of rotatable bonds is 4. The van der Waals surface area contributed by atoms with Gasteiger partial charge in [0.15, 0.2) is 0 Å². The Morgan fingerprint density at radius 2 is 1.94 bits per heavy atom. The largest absolute Gasteiger partial charge is 0.379 e. The van der Waals surface area contributed by atoms with E-state index in [1.54, 1.807) is 0 Å². The predicted octanol–water partition coefficient (Wildman–Crippen LogP) is -0.147. The van der Waals surface area contributed by atoms with Crippen LogP contribution < -0.4 is 10.6 Å². The maximum absolute atomic E-state index is 11.8. The minimum Gasteiger partial charge on any atom is -0.379 e. The van der Waals surface area contributed by atoms with E-state index in [-0.39, 0.29) is 30.3 Å². The van der Waals surface area contributed by atoms with E-state index in [0.717, 1.165) is 39.4 Å². The molecular formula is C12H24ClN3O2. The van der Waals surface area contributed by atoms with Crippen LogP contribution in [0.5, 0.6) is 0 Å². The van der Waals surface area contributed by atoms with Gasteiger partial charge in [0.05, 0.1) is 19.1 Å². The van der Waals surface area contributed by atoms with E-state index in [4.69, 9.17) is 4.74 Å². The van der Waals surface area contributed by atoms with E-state index in [1.165, 1.54) is 0 Å². The first-order valence-corrected chi connectivity index (χ1v) is 6.51. The third kappa shape index (κ3) is 3.82. The lowest BCUT2D eigenvalue weighted by Gasteiger charge is -2.37. The van der Waals surface area contributed by atoms with Gasteiger partial charge in [-0.1, -0.05) is 0 Å². The summed E-state index contributed by atoms with van der Waals surface area (Å²) in [4.78, 5) is 14.2. The summed E-state index contributed by atoms with van der Waals surface area (Å²) < 4.78 is 5.34. The van der Waals surface area contributed by atoms with Gasteiger partial charge in [0.25, 0.3) is 0 Å². The summed E-state index contributed by atoms with van der Waals surface area (Å²) in [5, 5.41) is 6.24. The molecule has 2 N–H and O–H groups in total. The smallest absolute Gasteiger partial charge is 0.225 e. The molecule has 6 heteroatoms. The molecule has 0 aliphatic carbocycles. The molecule has 2 rings (SSSR count). The molecule has 2 saturated heterocycles. The first-order valence-electron chi connectivity index (χ1n) is 6.51. The SMILES string of the molecule is CC(NC(=O)C1CNC1)C(C)N1CCOCC1.Cl. The summed E-state index contributed by atoms with van der Waals surface area (Å²) in [7, 11) is 0. The van der Waals surface area contributed by atoms with Gasteiger partial charge in [0.2, 0.25) is 5.91 Å². The fourth-order valence-corrected chi connectivity index (χ4v) is 2.24. The van der Waals surface area contributed by atoms with Crippen LogP contribution in [0.25, 0.3) is 0 Å². The van der Waals surface area contributed by atoms with Gasteiger partial charge in [0, 0.05) is 38.3 Å². The second kappa shape index (κ2) is 7.28. The molecule has 1 amide bonds. The van der Waals surface area contributed by atoms with E-state index in [9.17, 15) is 4.79 Å². The Morgan fingerprint density at radius 3 is 2.44 bits per heavy atom. The van der Waals surface area contributed by atoms with Gasteiger partial charge in [-0.05, 0) is 13.8 Å². The Hall–Kier alpha value is -0.360. The maximum Gasteiger partial charge on any atom is 0.225 e. The van der Waals surface area contributed by atoms with Gasteiger partial charge in [-0.2, -0.15) is 0 Å². The maximum atomic E-state index is 11.8. The van der Waals surface area contributed by atoms with E-state index < -0.39 is 0 Å². The summed E-state index contributed by atoms with van der Waals surface area (Å²) in [5.41, 5.74) is 0. The van der Waals surface area contributed by atoms with Gasteiger partial charge in [-0.3, -0.25) is 9.69 Å². The first kappa shape index (κ1) is 15.7. The van der Waals surface area contributed by atoms with Crippen molar-refractivity contribution in [2.75, 3.05) is 39.4 Å². The highest BCUT2D eigenvalue weighted by Crippen LogP contribution is 2.09. The van der Waals surface area contributed by atoms with Gasteiger partial charge < -0.3 is 15.4 Å². The molecule has 0 bridgehead atoms. The molecule has 2 fully saturated rings. The van der Waals surface area contributed by atoms with E-state index in [2.05, 4.69) is 29.4 Å². The fraction of sp³-hybridized carbons (Fsp3) is 0.917. The lowest BCUT2D eigenvalue weighted by molar-refractivity contribution is -0.127. The predicted molar refractivity (Wildman–Crippen MR) is 73.1 cm³/mol. The first-order chi connectivity index (χ1) is 8.18. The molecule has 0 radical (unpaired) electrons. The summed E-state index contributed by atoms with van der Waals surface area (Å²) >= 11 is 0. The topological polar surface area (TPSA) is 53.6 Å². The minimum absolute atomic E-state index is 0. The molecule has 0 aromatic carbocycles. The number of nitrogens with zero attached hydrogens (tertiary/aromatic N) is 1. The Labute approximate surface area is 115 Å². The second-order valence-corrected chi connectivity index (χ2v) is 5.04. The third-order valence-electron chi connectivity index (χ3n) is 3.87. The van der Waals surface area contributed by atoms with Gasteiger partial charge in [-0.25, -0.2) is 0 Å². The lowest BCUT2D eigenvalue weighted by atomic mass is 10.0. The number of hydrogen-bond donors (Lipinski definition) is 2. The summed E-state index contributed by atoms with van der Waals surface area (Å²) in [6.45, 7) is 9.45. The van der Waals surface area contributed by atoms with Crippen molar-refractivity contribution in [2.45, 2.75) is 25.9 Å². The van der Waals surface area contributed by atoms with Crippen molar-refractivity contribution in [3.8, 4) is 0 Å². The third-order valence-corrected chi connectivity index (χ3v) is 3.87. The molecule has 106 valence electrons. The van der Waals surface area contributed by atoms with Crippen LogP contribution in [0.1, 0.15) is 13.8 Å². The Morgan fingerprint density at radius 1 is 1.33 bits per heavy atom. The number of hydrogen-bond acceptors (Lipinski definition) is 4. The van der Waals surface area contributed by atoms with Crippen molar-refractivity contribution in [2.24, 2.45) is 5.92 Å². The number of amides is 1. The van der Waals surface area contributed by atoms with Crippen LogP contribution in [0, 0.1) is 5.92 Å². The fourth-order valence-electron chi connectivity index (χ4n) is 2.24. The molecule has 0 spiro atoms. The number of carbonyl (C=O) groups excluding carboxylic acids is 1. The van der Waals surface area contributed by atoms with Gasteiger partial charge >= 0.3 is 0 Å². The molecule has 2 unspecified atom stereocenters. The summed E-state index contributed by atoms with van der Waals surface area (Å²) in [6, 6.07) is 0.567. The average Bonchev–Trinajstić information content (AvgIpc) is 2.26. The van der Waals surface area contributed by atoms with Crippen molar-refractivity contribution in [3.05, 3.63) is 0 Å². The Balaban J connectivity index is 0.00000162. The lowest BCUT2D eigenvalue weighted by Crippen LogP contribution is -2.57. The molecule has 5 nitrogen and oxygen atoms in total. The van der Waals surface area contributed by atoms with Gasteiger partial charge in [-0.15, -0.1) is 12.4 Å². The number of morpholine rings is 1. The van der Waals surface area contributed by atoms with Crippen molar-refractivity contribution >= 4 is 18.3 Å². The molecule has 18 heavy (non-hydrogen) atoms. The number of ether oxygens (including phenoxy) is 1. The van der Waals surface area contributed by atoms with Crippen molar-refractivity contribution in [1.29, 1.82) is 0 Å². The highest BCUT2D eigenvalue weighted by Gasteiger charge is 2.28. The zero-order chi connectivity index (χ0) is 12.3. The minimum atomic E-state index is 0. The van der Waals surface area contributed by atoms with Crippen molar-refractivity contribution in [1.82, 2.24) is 15.5 Å².